The molecular weight excluding hydrogens is 344 g/mol. The van der Waals surface area contributed by atoms with Crippen LogP contribution in [-0.2, 0) is 11.2 Å². The highest BCUT2D eigenvalue weighted by Gasteiger charge is 2.20. The Labute approximate surface area is 156 Å². The molecule has 0 saturated heterocycles. The van der Waals surface area contributed by atoms with Crippen LogP contribution in [0.2, 0.25) is 0 Å². The molecule has 0 aliphatic carbocycles. The highest BCUT2D eigenvalue weighted by atomic mass is 16.3. The van der Waals surface area contributed by atoms with Crippen LogP contribution in [0, 0.1) is 6.92 Å². The molecule has 2 heterocycles. The first kappa shape index (κ1) is 18.4. The molecule has 0 radical (unpaired) electrons. The number of hydrogen-bond donors (Lipinski definition) is 2. The minimum Gasteiger partial charge on any atom is -0.460 e. The first-order chi connectivity index (χ1) is 13.0. The van der Waals surface area contributed by atoms with Crippen molar-refractivity contribution in [3.8, 4) is 11.5 Å². The molecule has 0 saturated carbocycles. The van der Waals surface area contributed by atoms with Crippen LogP contribution in [0.5, 0.6) is 0 Å². The standard InChI is InChI=1S/C20H22N4O3/c1-13-8-9-18(27-13)17-12-16(21)20(26)24(23-17)14(2)19(25)22-11-10-15-6-4-3-5-7-15/h3-9,12,14H,10-11,21H2,1-2H3,(H,22,25). The van der Waals surface area contributed by atoms with Gasteiger partial charge in [0, 0.05) is 6.54 Å². The number of carbonyl (C=O) groups is 1. The molecule has 3 rings (SSSR count). The second-order valence-electron chi connectivity index (χ2n) is 6.35. The topological polar surface area (TPSA) is 103 Å². The van der Waals surface area contributed by atoms with Crippen LogP contribution in [0.1, 0.15) is 24.3 Å². The fourth-order valence-electron chi connectivity index (χ4n) is 2.72. The Morgan fingerprint density at radius 2 is 2.00 bits per heavy atom. The van der Waals surface area contributed by atoms with Gasteiger partial charge >= 0.3 is 0 Å². The molecule has 2 aromatic heterocycles. The van der Waals surface area contributed by atoms with E-state index in [2.05, 4.69) is 10.4 Å². The number of amides is 1. The van der Waals surface area contributed by atoms with Gasteiger partial charge in [-0.15, -0.1) is 0 Å². The maximum absolute atomic E-state index is 12.5. The molecule has 140 valence electrons. The summed E-state index contributed by atoms with van der Waals surface area (Å²) in [6, 6.07) is 14.0. The highest BCUT2D eigenvalue weighted by Crippen LogP contribution is 2.20. The molecule has 1 atom stereocenters. The normalized spacial score (nSPS) is 11.9. The van der Waals surface area contributed by atoms with Gasteiger partial charge in [0.05, 0.1) is 0 Å². The van der Waals surface area contributed by atoms with E-state index in [1.165, 1.54) is 6.07 Å². The van der Waals surface area contributed by atoms with E-state index in [9.17, 15) is 9.59 Å². The van der Waals surface area contributed by atoms with Gasteiger partial charge in [0.15, 0.2) is 5.76 Å². The second kappa shape index (κ2) is 7.90. The number of nitrogens with two attached hydrogens (primary N) is 1. The molecule has 1 aromatic carbocycles. The Kier molecular flexibility index (Phi) is 5.40. The summed E-state index contributed by atoms with van der Waals surface area (Å²) in [5.41, 5.74) is 6.87. The number of furan rings is 1. The Balaban J connectivity index is 1.75. The third kappa shape index (κ3) is 4.25. The maximum atomic E-state index is 12.5. The molecule has 27 heavy (non-hydrogen) atoms. The molecule has 0 fully saturated rings. The summed E-state index contributed by atoms with van der Waals surface area (Å²) >= 11 is 0. The fraction of sp³-hybridized carbons (Fsp3) is 0.250. The number of nitrogens with one attached hydrogen (secondary N) is 1. The summed E-state index contributed by atoms with van der Waals surface area (Å²) < 4.78 is 6.64. The van der Waals surface area contributed by atoms with Gasteiger partial charge in [-0.3, -0.25) is 9.59 Å². The number of aromatic nitrogens is 2. The number of carbonyl (C=O) groups excluding carboxylic acids is 1. The van der Waals surface area contributed by atoms with Gasteiger partial charge in [-0.05, 0) is 44.0 Å². The first-order valence-corrected chi connectivity index (χ1v) is 8.73. The van der Waals surface area contributed by atoms with E-state index in [0.29, 0.717) is 24.4 Å². The van der Waals surface area contributed by atoms with Crippen LogP contribution in [0.4, 0.5) is 5.69 Å². The van der Waals surface area contributed by atoms with Crippen LogP contribution < -0.4 is 16.6 Å². The van der Waals surface area contributed by atoms with Crippen LogP contribution >= 0.6 is 0 Å². The summed E-state index contributed by atoms with van der Waals surface area (Å²) in [6.07, 6.45) is 0.704. The predicted octanol–water partition coefficient (Wildman–Crippen LogP) is 2.31. The summed E-state index contributed by atoms with van der Waals surface area (Å²) in [6.45, 7) is 3.89. The molecule has 0 aliphatic heterocycles. The van der Waals surface area contributed by atoms with Gasteiger partial charge in [0.2, 0.25) is 5.91 Å². The summed E-state index contributed by atoms with van der Waals surface area (Å²) in [5, 5.41) is 7.11. The molecule has 0 bridgehead atoms. The minimum atomic E-state index is -0.799. The number of nitrogen functional groups attached to an aromatic ring is 1. The van der Waals surface area contributed by atoms with E-state index in [4.69, 9.17) is 10.2 Å². The zero-order chi connectivity index (χ0) is 19.4. The zero-order valence-electron chi connectivity index (χ0n) is 15.3. The fourth-order valence-corrected chi connectivity index (χ4v) is 2.72. The average molecular weight is 366 g/mol. The smallest absolute Gasteiger partial charge is 0.290 e. The van der Waals surface area contributed by atoms with E-state index >= 15 is 0 Å². The molecule has 1 unspecified atom stereocenters. The molecule has 3 aromatic rings. The second-order valence-corrected chi connectivity index (χ2v) is 6.35. The van der Waals surface area contributed by atoms with Crippen molar-refractivity contribution in [1.29, 1.82) is 0 Å². The Morgan fingerprint density at radius 3 is 2.67 bits per heavy atom. The lowest BCUT2D eigenvalue weighted by Crippen LogP contribution is -2.38. The number of nitrogens with zero attached hydrogens (tertiary/aromatic N) is 2. The van der Waals surface area contributed by atoms with Gasteiger partial charge < -0.3 is 15.5 Å². The lowest BCUT2D eigenvalue weighted by Gasteiger charge is -2.15. The van der Waals surface area contributed by atoms with Gasteiger partial charge in [-0.2, -0.15) is 5.10 Å². The van der Waals surface area contributed by atoms with Crippen LogP contribution in [0.3, 0.4) is 0 Å². The molecule has 0 aliphatic rings. The molecule has 1 amide bonds. The highest BCUT2D eigenvalue weighted by molar-refractivity contribution is 5.79. The molecule has 7 heteroatoms. The Bertz CT molecular complexity index is 992. The summed E-state index contributed by atoms with van der Waals surface area (Å²) in [5.74, 6) is 0.909. The van der Waals surface area contributed by atoms with Crippen molar-refractivity contribution >= 4 is 11.6 Å². The van der Waals surface area contributed by atoms with Crippen molar-refractivity contribution in [1.82, 2.24) is 15.1 Å². The van der Waals surface area contributed by atoms with Gasteiger partial charge in [-0.1, -0.05) is 30.3 Å². The van der Waals surface area contributed by atoms with Crippen molar-refractivity contribution in [2.24, 2.45) is 0 Å². The number of anilines is 1. The monoisotopic (exact) mass is 366 g/mol. The van der Waals surface area contributed by atoms with Crippen LogP contribution in [-0.4, -0.2) is 22.2 Å². The third-order valence-corrected chi connectivity index (χ3v) is 4.26. The van der Waals surface area contributed by atoms with E-state index in [-0.39, 0.29) is 11.6 Å². The van der Waals surface area contributed by atoms with E-state index in [1.807, 2.05) is 37.3 Å². The van der Waals surface area contributed by atoms with Crippen molar-refractivity contribution in [3.05, 3.63) is 70.2 Å². The predicted molar refractivity (Wildman–Crippen MR) is 103 cm³/mol. The van der Waals surface area contributed by atoms with E-state index in [0.717, 1.165) is 16.0 Å². The van der Waals surface area contributed by atoms with E-state index in [1.54, 1.807) is 19.1 Å². The zero-order valence-corrected chi connectivity index (χ0v) is 15.3. The van der Waals surface area contributed by atoms with Crippen LogP contribution in [0.25, 0.3) is 11.5 Å². The van der Waals surface area contributed by atoms with Gasteiger partial charge in [-0.25, -0.2) is 4.68 Å². The lowest BCUT2D eigenvalue weighted by molar-refractivity contribution is -0.124. The first-order valence-electron chi connectivity index (χ1n) is 8.73. The lowest BCUT2D eigenvalue weighted by atomic mass is 10.1. The van der Waals surface area contributed by atoms with E-state index < -0.39 is 11.6 Å². The van der Waals surface area contributed by atoms with Crippen LogP contribution in [0.15, 0.2) is 57.7 Å². The van der Waals surface area contributed by atoms with Crippen molar-refractivity contribution in [3.63, 3.8) is 0 Å². The van der Waals surface area contributed by atoms with Gasteiger partial charge in [0.1, 0.15) is 23.2 Å². The Hall–Kier alpha value is -3.35. The largest absolute Gasteiger partial charge is 0.460 e. The quantitative estimate of drug-likeness (QED) is 0.697. The van der Waals surface area contributed by atoms with Gasteiger partial charge in [0.25, 0.3) is 5.56 Å². The minimum absolute atomic E-state index is 0.0120. The summed E-state index contributed by atoms with van der Waals surface area (Å²) in [7, 11) is 0. The van der Waals surface area contributed by atoms with Crippen molar-refractivity contribution in [2.75, 3.05) is 12.3 Å². The average Bonchev–Trinajstić information content (AvgIpc) is 3.10. The third-order valence-electron chi connectivity index (χ3n) is 4.26. The number of aryl methyl sites for hydroxylation is 1. The maximum Gasteiger partial charge on any atom is 0.290 e. The Morgan fingerprint density at radius 1 is 1.26 bits per heavy atom. The van der Waals surface area contributed by atoms with Crippen molar-refractivity contribution < 1.29 is 9.21 Å². The number of rotatable bonds is 6. The number of benzene rings is 1. The molecule has 3 N–H and O–H groups in total. The molecular formula is C20H22N4O3. The molecule has 0 spiro atoms. The summed E-state index contributed by atoms with van der Waals surface area (Å²) in [4.78, 5) is 24.8. The SMILES string of the molecule is Cc1ccc(-c2cc(N)c(=O)n(C(C)C(=O)NCCc3ccccc3)n2)o1. The molecule has 7 nitrogen and oxygen atoms in total. The number of hydrogen-bond acceptors (Lipinski definition) is 5. The van der Waals surface area contributed by atoms with Crippen molar-refractivity contribution in [2.45, 2.75) is 26.3 Å².